The molecule has 0 bridgehead atoms. The van der Waals surface area contributed by atoms with Gasteiger partial charge in [0.15, 0.2) is 11.5 Å². The number of aromatic nitrogens is 1. The Balaban J connectivity index is 1.96. The molecule has 0 spiro atoms. The van der Waals surface area contributed by atoms with E-state index in [0.29, 0.717) is 23.7 Å². The predicted octanol–water partition coefficient (Wildman–Crippen LogP) is 1.99. The van der Waals surface area contributed by atoms with Gasteiger partial charge in [-0.3, -0.25) is 9.59 Å². The summed E-state index contributed by atoms with van der Waals surface area (Å²) in [6.07, 6.45) is 0.715. The van der Waals surface area contributed by atoms with Crippen molar-refractivity contribution in [2.45, 2.75) is 12.8 Å². The van der Waals surface area contributed by atoms with Crippen molar-refractivity contribution in [2.75, 3.05) is 6.54 Å². The van der Waals surface area contributed by atoms with Gasteiger partial charge in [-0.1, -0.05) is 28.9 Å². The first kappa shape index (κ1) is 15.1. The van der Waals surface area contributed by atoms with Crippen LogP contribution in [0.25, 0.3) is 11.3 Å². The standard InChI is InChI=1S/C14H14ClN3O3/c15-10-4-1-3-9(7-10)12-8-11(18-21-12)14(20)17-6-2-5-13(16)19/h1,3-4,7-8H,2,5-6H2,(H2,16,19)(H,17,20). The van der Waals surface area contributed by atoms with Gasteiger partial charge in [0.05, 0.1) is 0 Å². The zero-order chi connectivity index (χ0) is 15.2. The van der Waals surface area contributed by atoms with E-state index in [-0.39, 0.29) is 18.0 Å². The molecule has 21 heavy (non-hydrogen) atoms. The van der Waals surface area contributed by atoms with Crippen LogP contribution >= 0.6 is 11.6 Å². The number of halogens is 1. The third-order valence-electron chi connectivity index (χ3n) is 2.74. The molecule has 7 heteroatoms. The molecule has 0 saturated heterocycles. The lowest BCUT2D eigenvalue weighted by Gasteiger charge is -2.00. The summed E-state index contributed by atoms with van der Waals surface area (Å²) >= 11 is 5.90. The Morgan fingerprint density at radius 2 is 2.14 bits per heavy atom. The molecule has 6 nitrogen and oxygen atoms in total. The summed E-state index contributed by atoms with van der Waals surface area (Å²) in [5.74, 6) is -0.301. The SMILES string of the molecule is NC(=O)CCCNC(=O)c1cc(-c2cccc(Cl)c2)on1. The number of rotatable bonds is 6. The molecule has 2 aromatic rings. The van der Waals surface area contributed by atoms with Gasteiger partial charge in [-0.25, -0.2) is 0 Å². The van der Waals surface area contributed by atoms with E-state index in [1.807, 2.05) is 0 Å². The molecular formula is C14H14ClN3O3. The molecule has 0 saturated carbocycles. The Morgan fingerprint density at radius 1 is 1.33 bits per heavy atom. The van der Waals surface area contributed by atoms with Gasteiger partial charge in [0.1, 0.15) is 0 Å². The fourth-order valence-electron chi connectivity index (χ4n) is 1.72. The lowest BCUT2D eigenvalue weighted by Crippen LogP contribution is -2.25. The number of nitrogens with one attached hydrogen (secondary N) is 1. The van der Waals surface area contributed by atoms with Gasteiger partial charge in [0, 0.05) is 29.6 Å². The van der Waals surface area contributed by atoms with Crippen LogP contribution in [0.2, 0.25) is 5.02 Å². The monoisotopic (exact) mass is 307 g/mol. The molecule has 2 amide bonds. The molecule has 110 valence electrons. The molecule has 1 aromatic carbocycles. The number of nitrogens with two attached hydrogens (primary N) is 1. The Kier molecular flexibility index (Phi) is 4.94. The summed E-state index contributed by atoms with van der Waals surface area (Å²) < 4.78 is 5.13. The summed E-state index contributed by atoms with van der Waals surface area (Å²) in [6.45, 7) is 0.348. The van der Waals surface area contributed by atoms with Crippen molar-refractivity contribution in [3.05, 3.63) is 41.0 Å². The summed E-state index contributed by atoms with van der Waals surface area (Å²) in [6, 6.07) is 8.59. The van der Waals surface area contributed by atoms with Gasteiger partial charge < -0.3 is 15.6 Å². The van der Waals surface area contributed by atoms with Gasteiger partial charge in [-0.2, -0.15) is 0 Å². The van der Waals surface area contributed by atoms with Crippen LogP contribution in [-0.2, 0) is 4.79 Å². The highest BCUT2D eigenvalue weighted by atomic mass is 35.5. The maximum absolute atomic E-state index is 11.8. The first-order valence-corrected chi connectivity index (χ1v) is 6.73. The van der Waals surface area contributed by atoms with Crippen LogP contribution in [0.1, 0.15) is 23.3 Å². The summed E-state index contributed by atoms with van der Waals surface area (Å²) in [4.78, 5) is 22.4. The first-order chi connectivity index (χ1) is 10.1. The molecule has 2 rings (SSSR count). The Morgan fingerprint density at radius 3 is 2.86 bits per heavy atom. The molecular weight excluding hydrogens is 294 g/mol. The van der Waals surface area contributed by atoms with Crippen LogP contribution < -0.4 is 11.1 Å². The van der Waals surface area contributed by atoms with E-state index in [9.17, 15) is 9.59 Å². The van der Waals surface area contributed by atoms with Crippen molar-refractivity contribution >= 4 is 23.4 Å². The second-order valence-electron chi connectivity index (χ2n) is 4.41. The lowest BCUT2D eigenvalue weighted by atomic mass is 10.1. The van der Waals surface area contributed by atoms with Crippen molar-refractivity contribution in [1.29, 1.82) is 0 Å². The third-order valence-corrected chi connectivity index (χ3v) is 2.97. The molecule has 0 fully saturated rings. The number of hydrogen-bond acceptors (Lipinski definition) is 4. The summed E-state index contributed by atoms with van der Waals surface area (Å²) in [7, 11) is 0. The maximum Gasteiger partial charge on any atom is 0.273 e. The first-order valence-electron chi connectivity index (χ1n) is 6.35. The highest BCUT2D eigenvalue weighted by molar-refractivity contribution is 6.30. The number of primary amides is 1. The van der Waals surface area contributed by atoms with Crippen LogP contribution in [0.5, 0.6) is 0 Å². The van der Waals surface area contributed by atoms with Crippen molar-refractivity contribution in [3.63, 3.8) is 0 Å². The van der Waals surface area contributed by atoms with E-state index >= 15 is 0 Å². The normalized spacial score (nSPS) is 10.3. The number of carbonyl (C=O) groups is 2. The van der Waals surface area contributed by atoms with Crippen molar-refractivity contribution in [2.24, 2.45) is 5.73 Å². The van der Waals surface area contributed by atoms with E-state index in [2.05, 4.69) is 10.5 Å². The van der Waals surface area contributed by atoms with E-state index in [0.717, 1.165) is 5.56 Å². The van der Waals surface area contributed by atoms with Crippen LogP contribution in [0.4, 0.5) is 0 Å². The Labute approximate surface area is 126 Å². The Hall–Kier alpha value is -2.34. The van der Waals surface area contributed by atoms with Gasteiger partial charge in [0.2, 0.25) is 5.91 Å². The second kappa shape index (κ2) is 6.90. The van der Waals surface area contributed by atoms with Gasteiger partial charge in [0.25, 0.3) is 5.91 Å². The quantitative estimate of drug-likeness (QED) is 0.797. The minimum absolute atomic E-state index is 0.170. The molecule has 1 aromatic heterocycles. The average molecular weight is 308 g/mol. The van der Waals surface area contributed by atoms with E-state index in [1.54, 1.807) is 24.3 Å². The van der Waals surface area contributed by atoms with E-state index in [1.165, 1.54) is 6.07 Å². The molecule has 0 radical (unpaired) electrons. The Bertz CT molecular complexity index is 654. The minimum atomic E-state index is -0.395. The number of hydrogen-bond donors (Lipinski definition) is 2. The lowest BCUT2D eigenvalue weighted by molar-refractivity contribution is -0.118. The molecule has 0 aliphatic rings. The molecule has 1 heterocycles. The average Bonchev–Trinajstić information content (AvgIpc) is 2.93. The number of amides is 2. The molecule has 0 aliphatic heterocycles. The zero-order valence-corrected chi connectivity index (χ0v) is 11.9. The molecule has 0 aliphatic carbocycles. The highest BCUT2D eigenvalue weighted by Crippen LogP contribution is 2.23. The van der Waals surface area contributed by atoms with Crippen LogP contribution in [0.15, 0.2) is 34.9 Å². The topological polar surface area (TPSA) is 98.2 Å². The fraction of sp³-hybridized carbons (Fsp3) is 0.214. The second-order valence-corrected chi connectivity index (χ2v) is 4.85. The number of nitrogens with zero attached hydrogens (tertiary/aromatic N) is 1. The highest BCUT2D eigenvalue weighted by Gasteiger charge is 2.13. The summed E-state index contributed by atoms with van der Waals surface area (Å²) in [5, 5.41) is 6.92. The number of benzene rings is 1. The van der Waals surface area contributed by atoms with Gasteiger partial charge >= 0.3 is 0 Å². The van der Waals surface area contributed by atoms with Crippen molar-refractivity contribution in [3.8, 4) is 11.3 Å². The van der Waals surface area contributed by atoms with E-state index < -0.39 is 5.91 Å². The zero-order valence-electron chi connectivity index (χ0n) is 11.1. The predicted molar refractivity (Wildman–Crippen MR) is 77.7 cm³/mol. The smallest absolute Gasteiger partial charge is 0.273 e. The fourth-order valence-corrected chi connectivity index (χ4v) is 1.91. The summed E-state index contributed by atoms with van der Waals surface area (Å²) in [5.41, 5.74) is 5.92. The molecule has 3 N–H and O–H groups in total. The van der Waals surface area contributed by atoms with Crippen LogP contribution in [0, 0.1) is 0 Å². The van der Waals surface area contributed by atoms with Crippen LogP contribution in [-0.4, -0.2) is 23.5 Å². The van der Waals surface area contributed by atoms with E-state index in [4.69, 9.17) is 21.9 Å². The number of carbonyl (C=O) groups excluding carboxylic acids is 2. The van der Waals surface area contributed by atoms with Gasteiger partial charge in [-0.05, 0) is 18.6 Å². The van der Waals surface area contributed by atoms with Crippen LogP contribution in [0.3, 0.4) is 0 Å². The van der Waals surface area contributed by atoms with Gasteiger partial charge in [-0.15, -0.1) is 0 Å². The molecule has 0 atom stereocenters. The van der Waals surface area contributed by atoms with Crippen molar-refractivity contribution < 1.29 is 14.1 Å². The molecule has 0 unspecified atom stereocenters. The maximum atomic E-state index is 11.8. The minimum Gasteiger partial charge on any atom is -0.370 e. The largest absolute Gasteiger partial charge is 0.370 e. The third kappa shape index (κ3) is 4.32. The van der Waals surface area contributed by atoms with Crippen molar-refractivity contribution in [1.82, 2.24) is 10.5 Å².